The molecule has 1 fully saturated rings. The van der Waals surface area contributed by atoms with Gasteiger partial charge in [-0.05, 0) is 43.4 Å². The van der Waals surface area contributed by atoms with Crippen molar-refractivity contribution < 1.29 is 13.2 Å². The molecular weight excluding hydrogens is 406 g/mol. The number of piperidine rings is 1. The Labute approximate surface area is 176 Å². The molecule has 0 N–H and O–H groups in total. The molecule has 2 aromatic heterocycles. The van der Waals surface area contributed by atoms with E-state index in [0.29, 0.717) is 18.8 Å². The molecule has 1 atom stereocenters. The highest BCUT2D eigenvalue weighted by Crippen LogP contribution is 2.36. The van der Waals surface area contributed by atoms with Crippen molar-refractivity contribution in [2.75, 3.05) is 20.2 Å². The standard InChI is InChI=1S/C21H27N3O3S2/c1-14(2)16-7-8-18(27-4)19(12-16)29(25,26)23-9-5-6-17(13-23)20-21-24(10-11-28-21)15(3)22-20/h7-8,10-12,14,17H,5-6,9,13H2,1-4H3/t17-/m0/s1. The first-order valence-corrected chi connectivity index (χ1v) is 12.2. The molecule has 0 saturated carbocycles. The van der Waals surface area contributed by atoms with Gasteiger partial charge < -0.3 is 4.74 Å². The van der Waals surface area contributed by atoms with Crippen LogP contribution in [0.4, 0.5) is 0 Å². The highest BCUT2D eigenvalue weighted by atomic mass is 32.2. The molecule has 4 rings (SSSR count). The molecule has 3 aromatic rings. The largest absolute Gasteiger partial charge is 0.495 e. The molecule has 0 radical (unpaired) electrons. The summed E-state index contributed by atoms with van der Waals surface area (Å²) in [6.45, 7) is 7.07. The van der Waals surface area contributed by atoms with Crippen molar-refractivity contribution in [1.29, 1.82) is 0 Å². The molecule has 6 nitrogen and oxygen atoms in total. The van der Waals surface area contributed by atoms with E-state index in [4.69, 9.17) is 9.72 Å². The van der Waals surface area contributed by atoms with Crippen LogP contribution in [0.5, 0.6) is 5.75 Å². The van der Waals surface area contributed by atoms with E-state index in [1.807, 2.05) is 24.6 Å². The summed E-state index contributed by atoms with van der Waals surface area (Å²) in [4.78, 5) is 6.14. The first-order chi connectivity index (χ1) is 13.8. The fourth-order valence-electron chi connectivity index (χ4n) is 4.04. The summed E-state index contributed by atoms with van der Waals surface area (Å²) in [7, 11) is -2.14. The lowest BCUT2D eigenvalue weighted by molar-refractivity contribution is 0.312. The average molecular weight is 434 g/mol. The predicted octanol–water partition coefficient (Wildman–Crippen LogP) is 4.40. The van der Waals surface area contributed by atoms with Crippen LogP contribution in [-0.2, 0) is 10.0 Å². The summed E-state index contributed by atoms with van der Waals surface area (Å²) in [5.41, 5.74) is 2.00. The number of imidazole rings is 1. The first kappa shape index (κ1) is 20.4. The Balaban J connectivity index is 1.69. The molecule has 1 aliphatic heterocycles. The Hall–Kier alpha value is -1.90. The summed E-state index contributed by atoms with van der Waals surface area (Å²) in [6.07, 6.45) is 3.78. The van der Waals surface area contributed by atoms with Gasteiger partial charge >= 0.3 is 0 Å². The zero-order valence-corrected chi connectivity index (χ0v) is 18.9. The van der Waals surface area contributed by atoms with Gasteiger partial charge in [-0.3, -0.25) is 4.40 Å². The van der Waals surface area contributed by atoms with E-state index >= 15 is 0 Å². The number of aryl methyl sites for hydroxylation is 1. The van der Waals surface area contributed by atoms with E-state index in [1.165, 1.54) is 7.11 Å². The number of methoxy groups -OCH3 is 1. The van der Waals surface area contributed by atoms with Crippen LogP contribution >= 0.6 is 11.3 Å². The molecule has 0 bridgehead atoms. The SMILES string of the molecule is COc1ccc(C(C)C)cc1S(=O)(=O)N1CCC[C@H](c2nc(C)n3ccsc23)C1. The number of thiazole rings is 1. The van der Waals surface area contributed by atoms with Gasteiger partial charge in [0.15, 0.2) is 0 Å². The lowest BCUT2D eigenvalue weighted by atomic mass is 9.97. The smallest absolute Gasteiger partial charge is 0.246 e. The number of nitrogens with zero attached hydrogens (tertiary/aromatic N) is 3. The minimum absolute atomic E-state index is 0.0974. The Morgan fingerprint density at radius 3 is 2.83 bits per heavy atom. The van der Waals surface area contributed by atoms with Gasteiger partial charge in [0.25, 0.3) is 0 Å². The summed E-state index contributed by atoms with van der Waals surface area (Å²) in [5.74, 6) is 1.68. The van der Waals surface area contributed by atoms with Crippen molar-refractivity contribution in [2.45, 2.75) is 50.3 Å². The number of benzene rings is 1. The normalized spacial score (nSPS) is 18.6. The fraction of sp³-hybridized carbons (Fsp3) is 0.476. The Bertz CT molecular complexity index is 1130. The molecule has 1 aromatic carbocycles. The van der Waals surface area contributed by atoms with Crippen LogP contribution in [0.15, 0.2) is 34.7 Å². The third-order valence-electron chi connectivity index (χ3n) is 5.70. The number of hydrogen-bond donors (Lipinski definition) is 0. The number of fused-ring (bicyclic) bond motifs is 1. The first-order valence-electron chi connectivity index (χ1n) is 9.93. The lowest BCUT2D eigenvalue weighted by Crippen LogP contribution is -2.39. The van der Waals surface area contributed by atoms with Gasteiger partial charge in [-0.25, -0.2) is 13.4 Å². The van der Waals surface area contributed by atoms with Crippen LogP contribution in [0.1, 0.15) is 55.6 Å². The van der Waals surface area contributed by atoms with Gasteiger partial charge in [0.1, 0.15) is 21.3 Å². The third-order valence-corrected chi connectivity index (χ3v) is 8.47. The van der Waals surface area contributed by atoms with Gasteiger partial charge in [-0.15, -0.1) is 11.3 Å². The van der Waals surface area contributed by atoms with Crippen molar-refractivity contribution in [3.63, 3.8) is 0 Å². The Morgan fingerprint density at radius 1 is 1.31 bits per heavy atom. The van der Waals surface area contributed by atoms with Crippen molar-refractivity contribution in [3.05, 3.63) is 46.9 Å². The fourth-order valence-corrected chi connectivity index (χ4v) is 6.70. The van der Waals surface area contributed by atoms with Gasteiger partial charge in [0.2, 0.25) is 10.0 Å². The van der Waals surface area contributed by atoms with Gasteiger partial charge in [0, 0.05) is 30.6 Å². The Kier molecular flexibility index (Phi) is 5.44. The van der Waals surface area contributed by atoms with Crippen molar-refractivity contribution in [3.8, 4) is 5.75 Å². The molecule has 3 heterocycles. The number of sulfonamides is 1. The van der Waals surface area contributed by atoms with Crippen LogP contribution in [0.2, 0.25) is 0 Å². The number of aromatic nitrogens is 2. The highest BCUT2D eigenvalue weighted by molar-refractivity contribution is 7.89. The second kappa shape index (κ2) is 7.74. The maximum Gasteiger partial charge on any atom is 0.246 e. The topological polar surface area (TPSA) is 63.9 Å². The minimum Gasteiger partial charge on any atom is -0.495 e. The van der Waals surface area contributed by atoms with E-state index < -0.39 is 10.0 Å². The molecule has 0 aliphatic carbocycles. The van der Waals surface area contributed by atoms with Crippen molar-refractivity contribution in [1.82, 2.24) is 13.7 Å². The molecular formula is C21H27N3O3S2. The monoisotopic (exact) mass is 433 g/mol. The summed E-state index contributed by atoms with van der Waals surface area (Å²) in [6, 6.07) is 5.46. The van der Waals surface area contributed by atoms with Crippen LogP contribution < -0.4 is 4.74 Å². The molecule has 0 amide bonds. The zero-order chi connectivity index (χ0) is 20.8. The average Bonchev–Trinajstić information content (AvgIpc) is 3.31. The molecule has 29 heavy (non-hydrogen) atoms. The van der Waals surface area contributed by atoms with E-state index in [-0.39, 0.29) is 16.7 Å². The summed E-state index contributed by atoms with van der Waals surface area (Å²) in [5, 5.41) is 2.05. The van der Waals surface area contributed by atoms with Crippen LogP contribution in [0.25, 0.3) is 4.83 Å². The third kappa shape index (κ3) is 3.58. The second-order valence-corrected chi connectivity index (χ2v) is 10.7. The van der Waals surface area contributed by atoms with Crippen molar-refractivity contribution >= 4 is 26.2 Å². The van der Waals surface area contributed by atoms with Crippen LogP contribution in [0.3, 0.4) is 0 Å². The zero-order valence-electron chi connectivity index (χ0n) is 17.3. The molecule has 0 spiro atoms. The second-order valence-electron chi connectivity index (χ2n) is 7.89. The maximum atomic E-state index is 13.6. The molecule has 156 valence electrons. The molecule has 0 unspecified atom stereocenters. The number of rotatable bonds is 5. The Morgan fingerprint density at radius 2 is 2.10 bits per heavy atom. The summed E-state index contributed by atoms with van der Waals surface area (Å²) < 4.78 is 36.2. The van der Waals surface area contributed by atoms with Gasteiger partial charge in [0.05, 0.1) is 12.8 Å². The maximum absolute atomic E-state index is 13.6. The molecule has 8 heteroatoms. The van der Waals surface area contributed by atoms with Crippen LogP contribution in [0, 0.1) is 6.92 Å². The highest BCUT2D eigenvalue weighted by Gasteiger charge is 2.34. The van der Waals surface area contributed by atoms with E-state index in [0.717, 1.165) is 34.8 Å². The van der Waals surface area contributed by atoms with E-state index in [1.54, 1.807) is 27.8 Å². The van der Waals surface area contributed by atoms with Crippen molar-refractivity contribution in [2.24, 2.45) is 0 Å². The lowest BCUT2D eigenvalue weighted by Gasteiger charge is -2.31. The number of ether oxygens (including phenoxy) is 1. The van der Waals surface area contributed by atoms with Gasteiger partial charge in [-0.2, -0.15) is 4.31 Å². The van der Waals surface area contributed by atoms with E-state index in [2.05, 4.69) is 18.2 Å². The van der Waals surface area contributed by atoms with Crippen LogP contribution in [-0.4, -0.2) is 42.3 Å². The minimum atomic E-state index is -3.66. The summed E-state index contributed by atoms with van der Waals surface area (Å²) >= 11 is 1.66. The molecule has 1 aliphatic rings. The van der Waals surface area contributed by atoms with Gasteiger partial charge in [-0.1, -0.05) is 19.9 Å². The quantitative estimate of drug-likeness (QED) is 0.598. The predicted molar refractivity (Wildman–Crippen MR) is 116 cm³/mol. The molecule has 1 saturated heterocycles. The number of hydrogen-bond acceptors (Lipinski definition) is 5. The van der Waals surface area contributed by atoms with E-state index in [9.17, 15) is 8.42 Å².